The minimum Gasteiger partial charge on any atom is -0.248 e. The summed E-state index contributed by atoms with van der Waals surface area (Å²) in [5, 5.41) is 7.67. The zero-order valence-corrected chi connectivity index (χ0v) is 10.2. The van der Waals surface area contributed by atoms with Gasteiger partial charge < -0.3 is 0 Å². The number of aromatic nitrogens is 4. The van der Waals surface area contributed by atoms with Crippen LogP contribution < -0.4 is 0 Å². The van der Waals surface area contributed by atoms with E-state index < -0.39 is 0 Å². The standard InChI is InChI=1S/C12H16N4/c1-5-8-11(12(2,3)4)16-10-7-14-13-6-9(10)15-8/h6-7H,5H2,1-4H3. The molecule has 0 bridgehead atoms. The second-order valence-electron chi connectivity index (χ2n) is 4.88. The monoisotopic (exact) mass is 216 g/mol. The third-order valence-corrected chi connectivity index (χ3v) is 2.50. The van der Waals surface area contributed by atoms with E-state index in [1.807, 2.05) is 0 Å². The number of fused-ring (bicyclic) bond motifs is 1. The number of aryl methyl sites for hydroxylation is 1. The highest BCUT2D eigenvalue weighted by Gasteiger charge is 2.20. The maximum absolute atomic E-state index is 4.65. The molecule has 0 amide bonds. The van der Waals surface area contributed by atoms with Crippen molar-refractivity contribution in [3.63, 3.8) is 0 Å². The van der Waals surface area contributed by atoms with E-state index in [0.29, 0.717) is 0 Å². The smallest absolute Gasteiger partial charge is 0.111 e. The first-order valence-corrected chi connectivity index (χ1v) is 5.50. The molecule has 2 heterocycles. The lowest BCUT2D eigenvalue weighted by Gasteiger charge is -2.20. The SMILES string of the molecule is CCc1nc2cnncc2nc1C(C)(C)C. The first kappa shape index (κ1) is 10.9. The third kappa shape index (κ3) is 1.87. The molecule has 0 aliphatic carbocycles. The number of nitrogens with zero attached hydrogens (tertiary/aromatic N) is 4. The molecule has 4 heteroatoms. The summed E-state index contributed by atoms with van der Waals surface area (Å²) in [6, 6.07) is 0. The molecule has 0 radical (unpaired) electrons. The van der Waals surface area contributed by atoms with E-state index in [1.54, 1.807) is 12.4 Å². The van der Waals surface area contributed by atoms with Gasteiger partial charge in [0, 0.05) is 5.41 Å². The van der Waals surface area contributed by atoms with Crippen LogP contribution in [0.5, 0.6) is 0 Å². The van der Waals surface area contributed by atoms with Gasteiger partial charge in [-0.1, -0.05) is 27.7 Å². The Hall–Kier alpha value is -1.58. The molecule has 4 nitrogen and oxygen atoms in total. The number of hydrogen-bond acceptors (Lipinski definition) is 4. The first-order valence-electron chi connectivity index (χ1n) is 5.50. The van der Waals surface area contributed by atoms with Gasteiger partial charge in [-0.15, -0.1) is 0 Å². The molecule has 0 unspecified atom stereocenters. The molecule has 2 aromatic rings. The molecule has 0 aliphatic rings. The van der Waals surface area contributed by atoms with Gasteiger partial charge in [-0.05, 0) is 6.42 Å². The van der Waals surface area contributed by atoms with Crippen molar-refractivity contribution in [3.05, 3.63) is 23.8 Å². The van der Waals surface area contributed by atoms with Crippen molar-refractivity contribution in [1.82, 2.24) is 20.2 Å². The van der Waals surface area contributed by atoms with Crippen molar-refractivity contribution in [2.45, 2.75) is 39.5 Å². The minimum atomic E-state index is 0.00973. The maximum Gasteiger partial charge on any atom is 0.111 e. The Bertz CT molecular complexity index is 514. The summed E-state index contributed by atoms with van der Waals surface area (Å²) in [5.74, 6) is 0. The fraction of sp³-hybridized carbons (Fsp3) is 0.500. The molecule has 2 aromatic heterocycles. The minimum absolute atomic E-state index is 0.00973. The zero-order valence-electron chi connectivity index (χ0n) is 10.2. The van der Waals surface area contributed by atoms with Crippen molar-refractivity contribution in [2.24, 2.45) is 0 Å². The topological polar surface area (TPSA) is 51.6 Å². The predicted octanol–water partition coefficient (Wildman–Crippen LogP) is 2.28. The summed E-state index contributed by atoms with van der Waals surface area (Å²) >= 11 is 0. The average Bonchev–Trinajstić information content (AvgIpc) is 2.26. The van der Waals surface area contributed by atoms with Crippen molar-refractivity contribution >= 4 is 11.0 Å². The van der Waals surface area contributed by atoms with Gasteiger partial charge in [0.05, 0.1) is 23.8 Å². The summed E-state index contributed by atoms with van der Waals surface area (Å²) in [4.78, 5) is 9.25. The molecular formula is C12H16N4. The van der Waals surface area contributed by atoms with E-state index in [2.05, 4.69) is 47.9 Å². The Labute approximate surface area is 95.1 Å². The van der Waals surface area contributed by atoms with Gasteiger partial charge in [0.2, 0.25) is 0 Å². The molecule has 0 saturated carbocycles. The maximum atomic E-state index is 4.65. The number of hydrogen-bond donors (Lipinski definition) is 0. The molecule has 16 heavy (non-hydrogen) atoms. The quantitative estimate of drug-likeness (QED) is 0.733. The molecule has 0 N–H and O–H groups in total. The third-order valence-electron chi connectivity index (χ3n) is 2.50. The molecule has 84 valence electrons. The molecule has 0 aromatic carbocycles. The Morgan fingerprint density at radius 1 is 1.00 bits per heavy atom. The Kier molecular flexibility index (Phi) is 2.58. The molecule has 0 atom stereocenters. The molecule has 0 spiro atoms. The Morgan fingerprint density at radius 2 is 1.56 bits per heavy atom. The Balaban J connectivity index is 2.73. The lowest BCUT2D eigenvalue weighted by Crippen LogP contribution is -2.18. The predicted molar refractivity (Wildman–Crippen MR) is 63.2 cm³/mol. The van der Waals surface area contributed by atoms with Crippen LogP contribution in [0.25, 0.3) is 11.0 Å². The van der Waals surface area contributed by atoms with Gasteiger partial charge >= 0.3 is 0 Å². The van der Waals surface area contributed by atoms with Crippen LogP contribution in [0, 0.1) is 0 Å². The number of rotatable bonds is 1. The fourth-order valence-corrected chi connectivity index (χ4v) is 1.71. The van der Waals surface area contributed by atoms with Crippen LogP contribution in [0.15, 0.2) is 12.4 Å². The van der Waals surface area contributed by atoms with Crippen LogP contribution in [0.4, 0.5) is 0 Å². The lowest BCUT2D eigenvalue weighted by molar-refractivity contribution is 0.559. The highest BCUT2D eigenvalue weighted by Crippen LogP contribution is 2.24. The van der Waals surface area contributed by atoms with E-state index in [9.17, 15) is 0 Å². The molecule has 0 fully saturated rings. The summed E-state index contributed by atoms with van der Waals surface area (Å²) in [6.45, 7) is 8.55. The summed E-state index contributed by atoms with van der Waals surface area (Å²) in [5.41, 5.74) is 3.75. The van der Waals surface area contributed by atoms with Gasteiger partial charge in [-0.2, -0.15) is 10.2 Å². The van der Waals surface area contributed by atoms with Crippen molar-refractivity contribution in [1.29, 1.82) is 0 Å². The average molecular weight is 216 g/mol. The first-order chi connectivity index (χ1) is 7.52. The van der Waals surface area contributed by atoms with Crippen LogP contribution in [-0.4, -0.2) is 20.2 Å². The van der Waals surface area contributed by atoms with Gasteiger partial charge in [0.15, 0.2) is 0 Å². The second-order valence-corrected chi connectivity index (χ2v) is 4.88. The van der Waals surface area contributed by atoms with Crippen molar-refractivity contribution < 1.29 is 0 Å². The van der Waals surface area contributed by atoms with Crippen LogP contribution in [0.3, 0.4) is 0 Å². The van der Waals surface area contributed by atoms with E-state index in [0.717, 1.165) is 28.8 Å². The molecule has 2 rings (SSSR count). The largest absolute Gasteiger partial charge is 0.248 e. The van der Waals surface area contributed by atoms with Gasteiger partial charge in [0.25, 0.3) is 0 Å². The lowest BCUT2D eigenvalue weighted by atomic mass is 9.89. The second kappa shape index (κ2) is 3.77. The Morgan fingerprint density at radius 3 is 2.06 bits per heavy atom. The van der Waals surface area contributed by atoms with Crippen LogP contribution in [0.2, 0.25) is 0 Å². The van der Waals surface area contributed by atoms with Crippen molar-refractivity contribution in [3.8, 4) is 0 Å². The van der Waals surface area contributed by atoms with E-state index in [4.69, 9.17) is 0 Å². The van der Waals surface area contributed by atoms with Crippen LogP contribution in [-0.2, 0) is 11.8 Å². The van der Waals surface area contributed by atoms with Crippen LogP contribution in [0.1, 0.15) is 39.1 Å². The normalized spacial score (nSPS) is 12.0. The molecule has 0 aliphatic heterocycles. The highest BCUT2D eigenvalue weighted by molar-refractivity contribution is 5.72. The van der Waals surface area contributed by atoms with E-state index in [-0.39, 0.29) is 5.41 Å². The van der Waals surface area contributed by atoms with Gasteiger partial charge in [0.1, 0.15) is 11.0 Å². The van der Waals surface area contributed by atoms with Crippen LogP contribution >= 0.6 is 0 Å². The van der Waals surface area contributed by atoms with E-state index in [1.165, 1.54) is 0 Å². The van der Waals surface area contributed by atoms with Gasteiger partial charge in [-0.25, -0.2) is 9.97 Å². The summed E-state index contributed by atoms with van der Waals surface area (Å²) in [7, 11) is 0. The molecular weight excluding hydrogens is 200 g/mol. The summed E-state index contributed by atoms with van der Waals surface area (Å²) in [6.07, 6.45) is 4.21. The summed E-state index contributed by atoms with van der Waals surface area (Å²) < 4.78 is 0. The molecule has 0 saturated heterocycles. The van der Waals surface area contributed by atoms with E-state index >= 15 is 0 Å². The zero-order chi connectivity index (χ0) is 11.8. The fourth-order valence-electron chi connectivity index (χ4n) is 1.71. The van der Waals surface area contributed by atoms with Crippen molar-refractivity contribution in [2.75, 3.05) is 0 Å². The highest BCUT2D eigenvalue weighted by atomic mass is 15.1. The van der Waals surface area contributed by atoms with Gasteiger partial charge in [-0.3, -0.25) is 0 Å².